The standard InChI is InChI=1S/C13H12F2N2O2S/c14-10-2-1-9(13(15)7-10)8-17-20(18,19)12-5-3-11(16)4-6-12/h1-7,17H,8,16H2. The Balaban J connectivity index is 2.15. The average molecular weight is 298 g/mol. The zero-order chi connectivity index (χ0) is 14.8. The number of halogens is 2. The molecule has 7 heteroatoms. The fraction of sp³-hybridized carbons (Fsp3) is 0.0769. The molecule has 0 saturated carbocycles. The van der Waals surface area contributed by atoms with Gasteiger partial charge in [-0.25, -0.2) is 21.9 Å². The summed E-state index contributed by atoms with van der Waals surface area (Å²) in [6, 6.07) is 8.55. The van der Waals surface area contributed by atoms with E-state index in [4.69, 9.17) is 5.73 Å². The Kier molecular flexibility index (Phi) is 4.01. The van der Waals surface area contributed by atoms with E-state index >= 15 is 0 Å². The fourth-order valence-corrected chi connectivity index (χ4v) is 2.57. The third-order valence-corrected chi connectivity index (χ3v) is 4.08. The number of hydrogen-bond acceptors (Lipinski definition) is 3. The second kappa shape index (κ2) is 5.56. The van der Waals surface area contributed by atoms with Crippen LogP contribution in [-0.2, 0) is 16.6 Å². The van der Waals surface area contributed by atoms with Crippen LogP contribution in [0.5, 0.6) is 0 Å². The lowest BCUT2D eigenvalue weighted by molar-refractivity contribution is 0.562. The molecule has 0 amide bonds. The Hall–Kier alpha value is -1.99. The predicted octanol–water partition coefficient (Wildman–Crippen LogP) is 2.03. The molecule has 0 radical (unpaired) electrons. The number of nitrogens with two attached hydrogens (primary N) is 1. The second-order valence-corrected chi connectivity index (χ2v) is 5.90. The molecule has 0 atom stereocenters. The average Bonchev–Trinajstić information content (AvgIpc) is 2.38. The molecule has 0 saturated heterocycles. The van der Waals surface area contributed by atoms with Crippen molar-refractivity contribution in [3.63, 3.8) is 0 Å². The van der Waals surface area contributed by atoms with Crippen LogP contribution in [0.2, 0.25) is 0 Å². The highest BCUT2D eigenvalue weighted by molar-refractivity contribution is 7.89. The molecule has 2 rings (SSSR count). The van der Waals surface area contributed by atoms with Crippen molar-refractivity contribution in [2.45, 2.75) is 11.4 Å². The molecule has 3 N–H and O–H groups in total. The van der Waals surface area contributed by atoms with Crippen LogP contribution in [0.4, 0.5) is 14.5 Å². The van der Waals surface area contributed by atoms with Crippen molar-refractivity contribution in [2.24, 2.45) is 0 Å². The number of hydrogen-bond donors (Lipinski definition) is 2. The van der Waals surface area contributed by atoms with Crippen molar-refractivity contribution in [1.82, 2.24) is 4.72 Å². The summed E-state index contributed by atoms with van der Waals surface area (Å²) in [6.07, 6.45) is 0. The lowest BCUT2D eigenvalue weighted by Gasteiger charge is -2.08. The SMILES string of the molecule is Nc1ccc(S(=O)(=O)NCc2ccc(F)cc2F)cc1. The first-order chi connectivity index (χ1) is 9.38. The van der Waals surface area contributed by atoms with Gasteiger partial charge in [-0.15, -0.1) is 0 Å². The second-order valence-electron chi connectivity index (χ2n) is 4.13. The van der Waals surface area contributed by atoms with E-state index in [1.165, 1.54) is 30.3 Å². The van der Waals surface area contributed by atoms with Gasteiger partial charge in [-0.2, -0.15) is 0 Å². The van der Waals surface area contributed by atoms with Gasteiger partial charge in [-0.1, -0.05) is 6.07 Å². The monoisotopic (exact) mass is 298 g/mol. The first kappa shape index (κ1) is 14.4. The summed E-state index contributed by atoms with van der Waals surface area (Å²) in [5.41, 5.74) is 5.97. The zero-order valence-electron chi connectivity index (χ0n) is 10.3. The van der Waals surface area contributed by atoms with E-state index in [2.05, 4.69) is 4.72 Å². The molecule has 20 heavy (non-hydrogen) atoms. The molecule has 0 aliphatic rings. The molecule has 0 heterocycles. The highest BCUT2D eigenvalue weighted by atomic mass is 32.2. The van der Waals surface area contributed by atoms with Crippen LogP contribution in [0.3, 0.4) is 0 Å². The smallest absolute Gasteiger partial charge is 0.240 e. The van der Waals surface area contributed by atoms with E-state index in [9.17, 15) is 17.2 Å². The predicted molar refractivity (Wildman–Crippen MR) is 71.2 cm³/mol. The maximum atomic E-state index is 13.4. The van der Waals surface area contributed by atoms with E-state index in [0.29, 0.717) is 11.8 Å². The van der Waals surface area contributed by atoms with Crippen LogP contribution in [-0.4, -0.2) is 8.42 Å². The van der Waals surface area contributed by atoms with Gasteiger partial charge in [-0.05, 0) is 30.3 Å². The van der Waals surface area contributed by atoms with E-state index in [1.54, 1.807) is 0 Å². The molecule has 0 spiro atoms. The number of nitrogen functional groups attached to an aromatic ring is 1. The molecule has 0 unspecified atom stereocenters. The molecule has 2 aromatic carbocycles. The summed E-state index contributed by atoms with van der Waals surface area (Å²) >= 11 is 0. The Morgan fingerprint density at radius 3 is 2.30 bits per heavy atom. The maximum absolute atomic E-state index is 13.4. The minimum atomic E-state index is -3.77. The van der Waals surface area contributed by atoms with Crippen LogP contribution < -0.4 is 10.5 Å². The van der Waals surface area contributed by atoms with Crippen molar-refractivity contribution in [3.05, 3.63) is 59.7 Å². The third kappa shape index (κ3) is 3.31. The van der Waals surface area contributed by atoms with E-state index in [1.807, 2.05) is 0 Å². The van der Waals surface area contributed by atoms with Crippen molar-refractivity contribution in [1.29, 1.82) is 0 Å². The highest BCUT2D eigenvalue weighted by Crippen LogP contribution is 2.14. The minimum Gasteiger partial charge on any atom is -0.399 e. The summed E-state index contributed by atoms with van der Waals surface area (Å²) in [5, 5.41) is 0. The summed E-state index contributed by atoms with van der Waals surface area (Å²) in [4.78, 5) is 0.0224. The van der Waals surface area contributed by atoms with Crippen LogP contribution in [0.1, 0.15) is 5.56 Å². The molecule has 106 valence electrons. The van der Waals surface area contributed by atoms with Crippen LogP contribution in [0.25, 0.3) is 0 Å². The van der Waals surface area contributed by atoms with E-state index in [-0.39, 0.29) is 17.0 Å². The molecule has 0 bridgehead atoms. The lowest BCUT2D eigenvalue weighted by Crippen LogP contribution is -2.23. The lowest BCUT2D eigenvalue weighted by atomic mass is 10.2. The normalized spacial score (nSPS) is 11.5. The van der Waals surface area contributed by atoms with E-state index < -0.39 is 21.7 Å². The van der Waals surface area contributed by atoms with Gasteiger partial charge in [0.1, 0.15) is 11.6 Å². The van der Waals surface area contributed by atoms with Gasteiger partial charge in [-0.3, -0.25) is 0 Å². The summed E-state index contributed by atoms with van der Waals surface area (Å²) in [7, 11) is -3.77. The van der Waals surface area contributed by atoms with Crippen molar-refractivity contribution in [2.75, 3.05) is 5.73 Å². The largest absolute Gasteiger partial charge is 0.399 e. The van der Waals surface area contributed by atoms with Crippen LogP contribution >= 0.6 is 0 Å². The molecular weight excluding hydrogens is 286 g/mol. The van der Waals surface area contributed by atoms with Gasteiger partial charge in [0.2, 0.25) is 10.0 Å². The molecule has 4 nitrogen and oxygen atoms in total. The molecule has 0 aromatic heterocycles. The van der Waals surface area contributed by atoms with Crippen LogP contribution in [0.15, 0.2) is 47.4 Å². The van der Waals surface area contributed by atoms with Gasteiger partial charge in [0, 0.05) is 23.9 Å². The van der Waals surface area contributed by atoms with Crippen molar-refractivity contribution < 1.29 is 17.2 Å². The zero-order valence-corrected chi connectivity index (χ0v) is 11.1. The number of anilines is 1. The highest BCUT2D eigenvalue weighted by Gasteiger charge is 2.14. The number of rotatable bonds is 4. The summed E-state index contributed by atoms with van der Waals surface area (Å²) in [5.74, 6) is -1.52. The molecular formula is C13H12F2N2O2S. The number of sulfonamides is 1. The van der Waals surface area contributed by atoms with Crippen LogP contribution in [0, 0.1) is 11.6 Å². The summed E-state index contributed by atoms with van der Waals surface area (Å²) in [6.45, 7) is -0.265. The summed E-state index contributed by atoms with van der Waals surface area (Å²) < 4.78 is 52.3. The van der Waals surface area contributed by atoms with Crippen molar-refractivity contribution >= 4 is 15.7 Å². The van der Waals surface area contributed by atoms with Gasteiger partial charge >= 0.3 is 0 Å². The molecule has 2 aromatic rings. The third-order valence-electron chi connectivity index (χ3n) is 2.66. The van der Waals surface area contributed by atoms with Gasteiger partial charge in [0.05, 0.1) is 4.90 Å². The minimum absolute atomic E-state index is 0.0224. The Morgan fingerprint density at radius 1 is 1.05 bits per heavy atom. The maximum Gasteiger partial charge on any atom is 0.240 e. The fourth-order valence-electron chi connectivity index (χ4n) is 1.57. The number of benzene rings is 2. The van der Waals surface area contributed by atoms with Gasteiger partial charge in [0.25, 0.3) is 0 Å². The van der Waals surface area contributed by atoms with Gasteiger partial charge in [0.15, 0.2) is 0 Å². The molecule has 0 aliphatic carbocycles. The first-order valence-electron chi connectivity index (χ1n) is 5.67. The number of nitrogens with one attached hydrogen (secondary N) is 1. The quantitative estimate of drug-likeness (QED) is 0.848. The Labute approximate surface area is 115 Å². The topological polar surface area (TPSA) is 72.2 Å². The Morgan fingerprint density at radius 2 is 1.70 bits per heavy atom. The molecule has 0 fully saturated rings. The van der Waals surface area contributed by atoms with Crippen molar-refractivity contribution in [3.8, 4) is 0 Å². The first-order valence-corrected chi connectivity index (χ1v) is 7.16. The van der Waals surface area contributed by atoms with Gasteiger partial charge < -0.3 is 5.73 Å². The Bertz CT molecular complexity index is 716. The van der Waals surface area contributed by atoms with E-state index in [0.717, 1.165) is 6.07 Å². The molecule has 0 aliphatic heterocycles.